The van der Waals surface area contributed by atoms with E-state index in [1.807, 2.05) is 0 Å². The molecule has 1 heterocycles. The van der Waals surface area contributed by atoms with Crippen molar-refractivity contribution in [3.05, 3.63) is 69.1 Å². The van der Waals surface area contributed by atoms with E-state index in [4.69, 9.17) is 9.84 Å². The summed E-state index contributed by atoms with van der Waals surface area (Å²) >= 11 is 0. The molecule has 0 bridgehead atoms. The highest BCUT2D eigenvalue weighted by Crippen LogP contribution is 2.17. The summed E-state index contributed by atoms with van der Waals surface area (Å²) in [6, 6.07) is 8.29. The van der Waals surface area contributed by atoms with E-state index >= 15 is 0 Å². The van der Waals surface area contributed by atoms with Crippen LogP contribution in [0.4, 0.5) is 0 Å². The lowest BCUT2D eigenvalue weighted by molar-refractivity contribution is 0.0944. The van der Waals surface area contributed by atoms with Crippen molar-refractivity contribution < 1.29 is 19.4 Å². The first-order chi connectivity index (χ1) is 12.9. The molecule has 0 spiro atoms. The Balaban J connectivity index is 2.29. The first-order valence-electron chi connectivity index (χ1n) is 8.35. The summed E-state index contributed by atoms with van der Waals surface area (Å²) in [5.74, 6) is -0.579. The maximum absolute atomic E-state index is 12.6. The number of benzene rings is 1. The second kappa shape index (κ2) is 8.95. The second-order valence-corrected chi connectivity index (χ2v) is 5.90. The van der Waals surface area contributed by atoms with Gasteiger partial charge in [-0.1, -0.05) is 18.2 Å². The topological polar surface area (TPSA) is 97.6 Å². The van der Waals surface area contributed by atoms with Crippen LogP contribution in [0, 0.1) is 6.92 Å². The molecule has 27 heavy (non-hydrogen) atoms. The molecule has 0 fully saturated rings. The van der Waals surface area contributed by atoms with Crippen LogP contribution in [0.2, 0.25) is 0 Å². The zero-order valence-electron chi connectivity index (χ0n) is 15.5. The average Bonchev–Trinajstić information content (AvgIpc) is 2.68. The number of amides is 1. The van der Waals surface area contributed by atoms with Gasteiger partial charge in [0.15, 0.2) is 5.78 Å². The third-order valence-corrected chi connectivity index (χ3v) is 4.07. The third-order valence-electron chi connectivity index (χ3n) is 4.07. The number of ketones is 1. The van der Waals surface area contributed by atoms with E-state index in [0.29, 0.717) is 16.8 Å². The highest BCUT2D eigenvalue weighted by molar-refractivity contribution is 6.08. The largest absolute Gasteiger partial charge is 0.496 e. The lowest BCUT2D eigenvalue weighted by Gasteiger charge is -2.10. The van der Waals surface area contributed by atoms with Crippen LogP contribution in [0.25, 0.3) is 6.08 Å². The van der Waals surface area contributed by atoms with E-state index in [1.165, 1.54) is 23.8 Å². The third kappa shape index (κ3) is 4.71. The van der Waals surface area contributed by atoms with Crippen molar-refractivity contribution in [1.29, 1.82) is 0 Å². The van der Waals surface area contributed by atoms with Crippen LogP contribution < -0.4 is 15.6 Å². The van der Waals surface area contributed by atoms with Gasteiger partial charge in [-0.05, 0) is 30.7 Å². The number of allylic oxidation sites excluding steroid dienone is 1. The fraction of sp³-hybridized carbons (Fsp3) is 0.250. The number of nitrogens with one attached hydrogen (secondary N) is 1. The molecule has 7 heteroatoms. The molecule has 0 atom stereocenters. The second-order valence-electron chi connectivity index (χ2n) is 5.90. The van der Waals surface area contributed by atoms with Gasteiger partial charge in [0.25, 0.3) is 11.5 Å². The maximum atomic E-state index is 12.6. The zero-order chi connectivity index (χ0) is 20.0. The van der Waals surface area contributed by atoms with Crippen molar-refractivity contribution in [3.8, 4) is 5.75 Å². The minimum atomic E-state index is -0.484. The van der Waals surface area contributed by atoms with Crippen LogP contribution in [0.3, 0.4) is 0 Å². The Kier molecular flexibility index (Phi) is 6.67. The van der Waals surface area contributed by atoms with Gasteiger partial charge in [-0.2, -0.15) is 0 Å². The highest BCUT2D eigenvalue weighted by atomic mass is 16.5. The summed E-state index contributed by atoms with van der Waals surface area (Å²) in [5.41, 5.74) is 1.24. The Morgan fingerprint density at radius 1 is 1.30 bits per heavy atom. The number of rotatable bonds is 7. The van der Waals surface area contributed by atoms with E-state index in [1.54, 1.807) is 44.3 Å². The fourth-order valence-electron chi connectivity index (χ4n) is 2.49. The SMILES string of the molecule is COc1cc(C)n(C)c(=O)c1C(=O)/C=C/c1cccc(C(=O)NCCO)c1. The molecule has 0 aliphatic heterocycles. The van der Waals surface area contributed by atoms with Gasteiger partial charge in [0.1, 0.15) is 11.3 Å². The molecule has 0 aliphatic rings. The Hall–Kier alpha value is -3.19. The van der Waals surface area contributed by atoms with Crippen molar-refractivity contribution in [2.75, 3.05) is 20.3 Å². The Morgan fingerprint density at radius 3 is 2.70 bits per heavy atom. The van der Waals surface area contributed by atoms with Crippen molar-refractivity contribution >= 4 is 17.8 Å². The normalized spacial score (nSPS) is 10.8. The summed E-state index contributed by atoms with van der Waals surface area (Å²) in [4.78, 5) is 36.9. The molecular weight excluding hydrogens is 348 g/mol. The zero-order valence-corrected chi connectivity index (χ0v) is 15.5. The predicted octanol–water partition coefficient (Wildman–Crippen LogP) is 1.32. The molecule has 0 unspecified atom stereocenters. The van der Waals surface area contributed by atoms with E-state index in [2.05, 4.69) is 5.32 Å². The molecule has 2 N–H and O–H groups in total. The van der Waals surface area contributed by atoms with Crippen LogP contribution in [0.5, 0.6) is 5.75 Å². The Labute approximate surface area is 156 Å². The molecule has 0 aliphatic carbocycles. The first kappa shape index (κ1) is 20.1. The van der Waals surface area contributed by atoms with Crippen LogP contribution in [0.15, 0.2) is 41.2 Å². The molecular formula is C20H22N2O5. The molecule has 142 valence electrons. The average molecular weight is 370 g/mol. The van der Waals surface area contributed by atoms with E-state index < -0.39 is 11.3 Å². The standard InChI is InChI=1S/C20H22N2O5/c1-13-11-17(27-3)18(20(26)22(13)2)16(24)8-7-14-5-4-6-15(12-14)19(25)21-9-10-23/h4-8,11-12,23H,9-10H2,1-3H3,(H,21,25)/b8-7+. The van der Waals surface area contributed by atoms with Crippen molar-refractivity contribution in [3.63, 3.8) is 0 Å². The van der Waals surface area contributed by atoms with Gasteiger partial charge in [0, 0.05) is 30.9 Å². The predicted molar refractivity (Wildman–Crippen MR) is 102 cm³/mol. The summed E-state index contributed by atoms with van der Waals surface area (Å²) in [5, 5.41) is 11.3. The van der Waals surface area contributed by atoms with Gasteiger partial charge in [-0.3, -0.25) is 14.4 Å². The number of carbonyl (C=O) groups is 2. The van der Waals surface area contributed by atoms with Crippen molar-refractivity contribution in [1.82, 2.24) is 9.88 Å². The molecule has 2 rings (SSSR count). The maximum Gasteiger partial charge on any atom is 0.265 e. The highest BCUT2D eigenvalue weighted by Gasteiger charge is 2.17. The molecule has 0 radical (unpaired) electrons. The van der Waals surface area contributed by atoms with Gasteiger partial charge in [0.2, 0.25) is 0 Å². The number of methoxy groups -OCH3 is 1. The quantitative estimate of drug-likeness (QED) is 0.566. The fourth-order valence-corrected chi connectivity index (χ4v) is 2.49. The van der Waals surface area contributed by atoms with Gasteiger partial charge in [0.05, 0.1) is 13.7 Å². The smallest absolute Gasteiger partial charge is 0.265 e. The number of pyridine rings is 1. The molecule has 2 aromatic rings. The minimum Gasteiger partial charge on any atom is -0.496 e. The van der Waals surface area contributed by atoms with Crippen LogP contribution in [-0.2, 0) is 7.05 Å². The monoisotopic (exact) mass is 370 g/mol. The lowest BCUT2D eigenvalue weighted by Crippen LogP contribution is -2.26. The number of hydrogen-bond donors (Lipinski definition) is 2. The number of ether oxygens (including phenoxy) is 1. The van der Waals surface area contributed by atoms with Crippen molar-refractivity contribution in [2.45, 2.75) is 6.92 Å². The number of aliphatic hydroxyl groups excluding tert-OH is 1. The van der Waals surface area contributed by atoms with Crippen LogP contribution in [0.1, 0.15) is 32.0 Å². The van der Waals surface area contributed by atoms with E-state index in [-0.39, 0.29) is 30.4 Å². The number of carbonyl (C=O) groups excluding carboxylic acids is 2. The summed E-state index contributed by atoms with van der Waals surface area (Å²) in [7, 11) is 3.00. The van der Waals surface area contributed by atoms with E-state index in [0.717, 1.165) is 0 Å². The number of nitrogens with zero attached hydrogens (tertiary/aromatic N) is 1. The Bertz CT molecular complexity index is 944. The lowest BCUT2D eigenvalue weighted by atomic mass is 10.1. The molecule has 1 aromatic carbocycles. The number of hydrogen-bond acceptors (Lipinski definition) is 5. The Morgan fingerprint density at radius 2 is 2.04 bits per heavy atom. The van der Waals surface area contributed by atoms with Crippen LogP contribution in [-0.4, -0.2) is 41.6 Å². The first-order valence-corrected chi connectivity index (χ1v) is 8.35. The summed E-state index contributed by atoms with van der Waals surface area (Å²) in [6.45, 7) is 1.77. The number of aryl methyl sites for hydroxylation is 1. The number of aromatic nitrogens is 1. The summed E-state index contributed by atoms with van der Waals surface area (Å²) in [6.07, 6.45) is 2.81. The van der Waals surface area contributed by atoms with Gasteiger partial charge in [-0.15, -0.1) is 0 Å². The number of aliphatic hydroxyl groups is 1. The van der Waals surface area contributed by atoms with Gasteiger partial charge < -0.3 is 19.7 Å². The molecule has 7 nitrogen and oxygen atoms in total. The van der Waals surface area contributed by atoms with Gasteiger partial charge in [-0.25, -0.2) is 0 Å². The molecule has 1 amide bonds. The molecule has 1 aromatic heterocycles. The van der Waals surface area contributed by atoms with Crippen LogP contribution >= 0.6 is 0 Å². The summed E-state index contributed by atoms with van der Waals surface area (Å²) < 4.78 is 6.57. The van der Waals surface area contributed by atoms with Crippen molar-refractivity contribution in [2.24, 2.45) is 7.05 Å². The molecule has 0 saturated carbocycles. The van der Waals surface area contributed by atoms with Gasteiger partial charge >= 0.3 is 0 Å². The molecule has 0 saturated heterocycles. The van der Waals surface area contributed by atoms with E-state index in [9.17, 15) is 14.4 Å². The minimum absolute atomic E-state index is 0.0429.